The maximum Gasteiger partial charge on any atom is 0.266 e. The Morgan fingerprint density at radius 2 is 1.72 bits per heavy atom. The number of nitrogens with zero attached hydrogens (tertiary/aromatic N) is 2. The lowest BCUT2D eigenvalue weighted by Crippen LogP contribution is -2.27. The van der Waals surface area contributed by atoms with Gasteiger partial charge in [-0.2, -0.15) is 0 Å². The van der Waals surface area contributed by atoms with E-state index in [4.69, 9.17) is 17.0 Å². The van der Waals surface area contributed by atoms with E-state index < -0.39 is 0 Å². The molecule has 1 aliphatic carbocycles. The monoisotopic (exact) mass is 516 g/mol. The third-order valence-electron chi connectivity index (χ3n) is 7.36. The van der Waals surface area contributed by atoms with Crippen molar-refractivity contribution in [2.24, 2.45) is 0 Å². The Balaban J connectivity index is 1.35. The summed E-state index contributed by atoms with van der Waals surface area (Å²) in [6.45, 7) is 4.69. The van der Waals surface area contributed by atoms with Gasteiger partial charge in [0.15, 0.2) is 0 Å². The van der Waals surface area contributed by atoms with Crippen LogP contribution in [0.2, 0.25) is 0 Å². The van der Waals surface area contributed by atoms with Crippen LogP contribution in [-0.2, 0) is 11.3 Å². The number of thioether (sulfide) groups is 1. The fraction of sp³-hybridized carbons (Fsp3) is 0.333. The molecule has 1 aliphatic heterocycles. The molecule has 2 heterocycles. The van der Waals surface area contributed by atoms with Crippen molar-refractivity contribution in [1.82, 2.24) is 9.47 Å². The Labute approximate surface area is 223 Å². The minimum atomic E-state index is -0.0394. The van der Waals surface area contributed by atoms with Crippen molar-refractivity contribution in [1.29, 1.82) is 0 Å². The van der Waals surface area contributed by atoms with Gasteiger partial charge in [0.1, 0.15) is 10.1 Å². The minimum absolute atomic E-state index is 0.0394. The molecule has 0 radical (unpaired) electrons. The van der Waals surface area contributed by atoms with Crippen molar-refractivity contribution in [2.45, 2.75) is 58.4 Å². The van der Waals surface area contributed by atoms with Crippen molar-refractivity contribution >= 4 is 40.3 Å². The molecule has 0 N–H and O–H groups in total. The van der Waals surface area contributed by atoms with Crippen molar-refractivity contribution in [2.75, 3.05) is 7.11 Å². The normalized spacial score (nSPS) is 17.9. The Morgan fingerprint density at radius 3 is 2.39 bits per heavy atom. The average molecular weight is 517 g/mol. The molecule has 1 aromatic heterocycles. The second kappa shape index (κ2) is 10.7. The summed E-state index contributed by atoms with van der Waals surface area (Å²) in [5.74, 6) is 1.46. The van der Waals surface area contributed by atoms with Crippen LogP contribution < -0.4 is 4.74 Å². The molecular weight excluding hydrogens is 484 g/mol. The molecule has 186 valence electrons. The predicted octanol–water partition coefficient (Wildman–Crippen LogP) is 7.55. The van der Waals surface area contributed by atoms with E-state index in [0.29, 0.717) is 21.7 Å². The number of methoxy groups -OCH3 is 1. The van der Waals surface area contributed by atoms with Crippen LogP contribution in [0.4, 0.5) is 0 Å². The third kappa shape index (κ3) is 5.02. The Hall–Kier alpha value is -2.83. The number of carbonyl (C=O) groups excluding carboxylic acids is 1. The SMILES string of the molecule is COc1ccc(CN2C(=O)/C(=C/c3cc(C)n(-c4ccc(C5CCCCC5)cc4)c3C)SC2=S)cc1. The van der Waals surface area contributed by atoms with Gasteiger partial charge in [0.2, 0.25) is 0 Å². The fourth-order valence-corrected chi connectivity index (χ4v) is 6.60. The summed E-state index contributed by atoms with van der Waals surface area (Å²) in [5.41, 5.74) is 6.96. The molecule has 0 bridgehead atoms. The second-order valence-corrected chi connectivity index (χ2v) is 11.4. The van der Waals surface area contributed by atoms with Gasteiger partial charge in [0.25, 0.3) is 5.91 Å². The number of aromatic nitrogens is 1. The quantitative estimate of drug-likeness (QED) is 0.250. The molecule has 0 spiro atoms. The lowest BCUT2D eigenvalue weighted by atomic mass is 9.84. The maximum atomic E-state index is 13.2. The fourth-order valence-electron chi connectivity index (χ4n) is 5.35. The maximum absolute atomic E-state index is 13.2. The van der Waals surface area contributed by atoms with Crippen molar-refractivity contribution in [3.05, 3.63) is 87.6 Å². The summed E-state index contributed by atoms with van der Waals surface area (Å²) in [6.07, 6.45) is 8.67. The van der Waals surface area contributed by atoms with Crippen LogP contribution >= 0.6 is 24.0 Å². The van der Waals surface area contributed by atoms with Crippen LogP contribution in [0.5, 0.6) is 5.75 Å². The van der Waals surface area contributed by atoms with Gasteiger partial charge in [-0.1, -0.05) is 67.5 Å². The molecule has 2 aromatic carbocycles. The van der Waals surface area contributed by atoms with Gasteiger partial charge >= 0.3 is 0 Å². The number of amides is 1. The first-order valence-electron chi connectivity index (χ1n) is 12.6. The van der Waals surface area contributed by atoms with Gasteiger partial charge in [-0.15, -0.1) is 0 Å². The van der Waals surface area contributed by atoms with Crippen LogP contribution in [-0.4, -0.2) is 26.8 Å². The van der Waals surface area contributed by atoms with E-state index in [1.807, 2.05) is 30.3 Å². The zero-order valence-corrected chi connectivity index (χ0v) is 22.8. The van der Waals surface area contributed by atoms with E-state index >= 15 is 0 Å². The summed E-state index contributed by atoms with van der Waals surface area (Å²) >= 11 is 6.94. The number of rotatable bonds is 6. The molecule has 1 saturated heterocycles. The van der Waals surface area contributed by atoms with Crippen LogP contribution in [0.1, 0.15) is 66.1 Å². The highest BCUT2D eigenvalue weighted by Gasteiger charge is 2.32. The lowest BCUT2D eigenvalue weighted by molar-refractivity contribution is -0.122. The second-order valence-electron chi connectivity index (χ2n) is 9.70. The summed E-state index contributed by atoms with van der Waals surface area (Å²) in [5, 5.41) is 0. The summed E-state index contributed by atoms with van der Waals surface area (Å²) in [4.78, 5) is 15.6. The molecule has 3 aromatic rings. The Morgan fingerprint density at radius 1 is 1.03 bits per heavy atom. The predicted molar refractivity (Wildman–Crippen MR) is 153 cm³/mol. The number of hydrogen-bond donors (Lipinski definition) is 0. The first-order valence-corrected chi connectivity index (χ1v) is 13.8. The molecule has 2 fully saturated rings. The van der Waals surface area contributed by atoms with Gasteiger partial charge in [0.05, 0.1) is 18.6 Å². The lowest BCUT2D eigenvalue weighted by Gasteiger charge is -2.22. The zero-order valence-electron chi connectivity index (χ0n) is 21.1. The van der Waals surface area contributed by atoms with E-state index in [-0.39, 0.29) is 5.91 Å². The number of thiocarbonyl (C=S) groups is 1. The highest BCUT2D eigenvalue weighted by atomic mass is 32.2. The van der Waals surface area contributed by atoms with E-state index in [1.165, 1.54) is 49.4 Å². The Kier molecular flexibility index (Phi) is 7.35. The molecule has 0 unspecified atom stereocenters. The molecule has 6 heteroatoms. The van der Waals surface area contributed by atoms with E-state index in [9.17, 15) is 4.79 Å². The number of aryl methyl sites for hydroxylation is 1. The topological polar surface area (TPSA) is 34.5 Å². The van der Waals surface area contributed by atoms with Gasteiger partial charge in [-0.05, 0) is 85.7 Å². The summed E-state index contributed by atoms with van der Waals surface area (Å²) in [7, 11) is 1.64. The van der Waals surface area contributed by atoms with Crippen LogP contribution in [0.3, 0.4) is 0 Å². The molecule has 1 amide bonds. The van der Waals surface area contributed by atoms with Crippen molar-refractivity contribution in [3.8, 4) is 11.4 Å². The Bertz CT molecular complexity index is 1300. The minimum Gasteiger partial charge on any atom is -0.497 e. The van der Waals surface area contributed by atoms with E-state index in [1.54, 1.807) is 12.0 Å². The number of carbonyl (C=O) groups is 1. The first-order chi connectivity index (χ1) is 17.4. The first kappa shape index (κ1) is 24.8. The van der Waals surface area contributed by atoms with Crippen molar-refractivity contribution < 1.29 is 9.53 Å². The van der Waals surface area contributed by atoms with Crippen LogP contribution in [0, 0.1) is 13.8 Å². The van der Waals surface area contributed by atoms with E-state index in [2.05, 4.69) is 48.7 Å². The largest absolute Gasteiger partial charge is 0.497 e. The molecule has 2 aliphatic rings. The highest BCUT2D eigenvalue weighted by Crippen LogP contribution is 2.36. The van der Waals surface area contributed by atoms with Gasteiger partial charge in [-0.25, -0.2) is 0 Å². The van der Waals surface area contributed by atoms with Gasteiger partial charge < -0.3 is 9.30 Å². The van der Waals surface area contributed by atoms with Crippen molar-refractivity contribution in [3.63, 3.8) is 0 Å². The highest BCUT2D eigenvalue weighted by molar-refractivity contribution is 8.26. The molecule has 0 atom stereocenters. The zero-order chi connectivity index (χ0) is 25.2. The standard InChI is InChI=1S/C30H32N2O2S2/c1-20-17-25(21(2)32(20)26-13-11-24(12-14-26)23-7-5-4-6-8-23)18-28-29(33)31(30(35)36-28)19-22-9-15-27(34-3)16-10-22/h9-18,23H,4-8,19H2,1-3H3/b28-18-. The van der Waals surface area contributed by atoms with Gasteiger partial charge in [-0.3, -0.25) is 9.69 Å². The summed E-state index contributed by atoms with van der Waals surface area (Å²) in [6, 6.07) is 19.0. The molecule has 36 heavy (non-hydrogen) atoms. The summed E-state index contributed by atoms with van der Waals surface area (Å²) < 4.78 is 8.10. The molecule has 1 saturated carbocycles. The number of benzene rings is 2. The molecule has 5 rings (SSSR count). The molecular formula is C30H32N2O2S2. The average Bonchev–Trinajstić information content (AvgIpc) is 3.33. The van der Waals surface area contributed by atoms with Crippen LogP contribution in [0.25, 0.3) is 11.8 Å². The van der Waals surface area contributed by atoms with Crippen LogP contribution in [0.15, 0.2) is 59.5 Å². The smallest absolute Gasteiger partial charge is 0.266 e. The number of hydrogen-bond acceptors (Lipinski definition) is 4. The van der Waals surface area contributed by atoms with Gasteiger partial charge in [0, 0.05) is 17.1 Å². The van der Waals surface area contributed by atoms with E-state index in [0.717, 1.165) is 34.0 Å². The third-order valence-corrected chi connectivity index (χ3v) is 8.74. The molecule has 4 nitrogen and oxygen atoms in total. The number of ether oxygens (including phenoxy) is 1.